The molecule has 0 spiro atoms. The van der Waals surface area contributed by atoms with Crippen molar-refractivity contribution in [3.8, 4) is 0 Å². The number of hydrogen-bond donors (Lipinski definition) is 4. The van der Waals surface area contributed by atoms with Gasteiger partial charge in [0.05, 0.1) is 10.9 Å². The molecule has 1 aliphatic carbocycles. The van der Waals surface area contributed by atoms with Gasteiger partial charge in [0.1, 0.15) is 5.82 Å². The highest BCUT2D eigenvalue weighted by molar-refractivity contribution is 7.89. The zero-order chi connectivity index (χ0) is 24.7. The molecule has 3 amide bonds. The van der Waals surface area contributed by atoms with Gasteiger partial charge in [-0.1, -0.05) is 12.1 Å². The second kappa shape index (κ2) is 11.4. The number of nitrogens with one attached hydrogen (secondary N) is 4. The molecule has 0 heterocycles. The van der Waals surface area contributed by atoms with E-state index in [2.05, 4.69) is 20.7 Å². The number of sulfonamides is 1. The first kappa shape index (κ1) is 25.6. The van der Waals surface area contributed by atoms with Gasteiger partial charge in [-0.15, -0.1) is 0 Å². The third kappa shape index (κ3) is 7.01. The van der Waals surface area contributed by atoms with Gasteiger partial charge in [0, 0.05) is 24.2 Å². The Balaban J connectivity index is 1.49. The molecule has 0 aromatic heterocycles. The van der Waals surface area contributed by atoms with Crippen LogP contribution in [0, 0.1) is 11.7 Å². The molecule has 8 nitrogen and oxygen atoms in total. The molecule has 2 aromatic rings. The van der Waals surface area contributed by atoms with Crippen LogP contribution < -0.4 is 20.7 Å². The van der Waals surface area contributed by atoms with Crippen LogP contribution >= 0.6 is 0 Å². The lowest BCUT2D eigenvalue weighted by Gasteiger charge is -2.29. The first-order valence-electron chi connectivity index (χ1n) is 11.4. The molecular weight excluding hydrogens is 459 g/mol. The molecule has 0 unspecified atom stereocenters. The summed E-state index contributed by atoms with van der Waals surface area (Å²) >= 11 is 0. The number of benzene rings is 2. The Hall–Kier alpha value is -2.98. The fraction of sp³-hybridized carbons (Fsp3) is 0.417. The van der Waals surface area contributed by atoms with Gasteiger partial charge in [-0.2, -0.15) is 0 Å². The average molecular weight is 491 g/mol. The predicted molar refractivity (Wildman–Crippen MR) is 128 cm³/mol. The standard InChI is InChI=1S/C24H31FN4O4S/c1-3-26-24(31)28-20-12-14-22(15-13-20)34(32,33)29-21-10-6-18(7-11-21)23(30)27-16(2)17-4-8-19(25)9-5-17/h4-5,8-9,12-16,18,21,29H,3,6-7,10-11H2,1-2H3,(H,27,30)(H2,26,28,31)/t16-,18?,21?/m1/s1. The van der Waals surface area contributed by atoms with E-state index in [0.717, 1.165) is 5.56 Å². The van der Waals surface area contributed by atoms with Crippen molar-refractivity contribution in [3.05, 3.63) is 59.9 Å². The molecular formula is C24H31FN4O4S. The molecule has 1 aliphatic rings. The molecule has 0 bridgehead atoms. The van der Waals surface area contributed by atoms with Crippen molar-refractivity contribution in [3.63, 3.8) is 0 Å². The SMILES string of the molecule is CCNC(=O)Nc1ccc(S(=O)(=O)NC2CCC(C(=O)N[C@H](C)c3ccc(F)cc3)CC2)cc1. The molecule has 10 heteroatoms. The number of anilines is 1. The summed E-state index contributed by atoms with van der Waals surface area (Å²) < 4.78 is 41.4. The minimum absolute atomic E-state index is 0.0756. The number of hydrogen-bond acceptors (Lipinski definition) is 4. The van der Waals surface area contributed by atoms with Crippen LogP contribution in [0.15, 0.2) is 53.4 Å². The molecule has 1 saturated carbocycles. The molecule has 4 N–H and O–H groups in total. The zero-order valence-corrected chi connectivity index (χ0v) is 20.1. The Bertz CT molecular complexity index is 1080. The molecule has 184 valence electrons. The third-order valence-corrected chi connectivity index (χ3v) is 7.44. The van der Waals surface area contributed by atoms with Crippen LogP contribution in [0.3, 0.4) is 0 Å². The summed E-state index contributed by atoms with van der Waals surface area (Å²) in [6.07, 6.45) is 2.26. The second-order valence-electron chi connectivity index (χ2n) is 8.46. The fourth-order valence-electron chi connectivity index (χ4n) is 3.98. The topological polar surface area (TPSA) is 116 Å². The fourth-order valence-corrected chi connectivity index (χ4v) is 5.29. The summed E-state index contributed by atoms with van der Waals surface area (Å²) in [5, 5.41) is 8.19. The van der Waals surface area contributed by atoms with Crippen LogP contribution in [0.1, 0.15) is 51.1 Å². The zero-order valence-electron chi connectivity index (χ0n) is 19.3. The van der Waals surface area contributed by atoms with Gasteiger partial charge in [-0.25, -0.2) is 22.3 Å². The highest BCUT2D eigenvalue weighted by Crippen LogP contribution is 2.27. The van der Waals surface area contributed by atoms with E-state index in [1.807, 2.05) is 6.92 Å². The summed E-state index contributed by atoms with van der Waals surface area (Å²) in [6.45, 7) is 4.14. The van der Waals surface area contributed by atoms with Gasteiger partial charge >= 0.3 is 6.03 Å². The van der Waals surface area contributed by atoms with Crippen molar-refractivity contribution in [1.29, 1.82) is 0 Å². The predicted octanol–water partition coefficient (Wildman–Crippen LogP) is 3.68. The van der Waals surface area contributed by atoms with Gasteiger partial charge in [0.2, 0.25) is 15.9 Å². The molecule has 0 radical (unpaired) electrons. The lowest BCUT2D eigenvalue weighted by atomic mass is 9.85. The van der Waals surface area contributed by atoms with E-state index < -0.39 is 10.0 Å². The number of rotatable bonds is 8. The summed E-state index contributed by atoms with van der Waals surface area (Å²) in [7, 11) is -3.72. The lowest BCUT2D eigenvalue weighted by molar-refractivity contribution is -0.126. The van der Waals surface area contributed by atoms with E-state index in [9.17, 15) is 22.4 Å². The van der Waals surface area contributed by atoms with Crippen molar-refractivity contribution in [2.75, 3.05) is 11.9 Å². The number of urea groups is 1. The Morgan fingerprint density at radius 2 is 1.62 bits per heavy atom. The van der Waals surface area contributed by atoms with Crippen molar-refractivity contribution in [1.82, 2.24) is 15.4 Å². The lowest BCUT2D eigenvalue weighted by Crippen LogP contribution is -2.41. The maximum absolute atomic E-state index is 13.1. The first-order valence-corrected chi connectivity index (χ1v) is 12.9. The molecule has 1 atom stereocenters. The Kier molecular flexibility index (Phi) is 8.62. The number of halogens is 1. The molecule has 34 heavy (non-hydrogen) atoms. The van der Waals surface area contributed by atoms with E-state index in [4.69, 9.17) is 0 Å². The Morgan fingerprint density at radius 3 is 2.21 bits per heavy atom. The van der Waals surface area contributed by atoms with Crippen LogP contribution in [-0.4, -0.2) is 32.9 Å². The number of carbonyl (C=O) groups excluding carboxylic acids is 2. The van der Waals surface area contributed by atoms with Crippen molar-refractivity contribution in [2.24, 2.45) is 5.92 Å². The van der Waals surface area contributed by atoms with E-state index in [1.54, 1.807) is 19.1 Å². The first-order chi connectivity index (χ1) is 16.2. The Labute approximate surface area is 199 Å². The van der Waals surface area contributed by atoms with E-state index in [0.29, 0.717) is 37.9 Å². The van der Waals surface area contributed by atoms with Crippen molar-refractivity contribution in [2.45, 2.75) is 56.5 Å². The molecule has 1 fully saturated rings. The van der Waals surface area contributed by atoms with Crippen LogP contribution in [0.25, 0.3) is 0 Å². The van der Waals surface area contributed by atoms with Crippen LogP contribution in [-0.2, 0) is 14.8 Å². The second-order valence-corrected chi connectivity index (χ2v) is 10.2. The highest BCUT2D eigenvalue weighted by atomic mass is 32.2. The van der Waals surface area contributed by atoms with Gasteiger partial charge < -0.3 is 16.0 Å². The van der Waals surface area contributed by atoms with Gasteiger partial charge in [0.15, 0.2) is 0 Å². The monoisotopic (exact) mass is 490 g/mol. The molecule has 3 rings (SSSR count). The van der Waals surface area contributed by atoms with Crippen LogP contribution in [0.4, 0.5) is 14.9 Å². The van der Waals surface area contributed by atoms with E-state index in [1.165, 1.54) is 36.4 Å². The highest BCUT2D eigenvalue weighted by Gasteiger charge is 2.29. The summed E-state index contributed by atoms with van der Waals surface area (Å²) in [5.41, 5.74) is 1.31. The number of carbonyl (C=O) groups is 2. The van der Waals surface area contributed by atoms with E-state index in [-0.39, 0.29) is 40.7 Å². The summed E-state index contributed by atoms with van der Waals surface area (Å²) in [4.78, 5) is 24.3. The van der Waals surface area contributed by atoms with Crippen molar-refractivity contribution < 1.29 is 22.4 Å². The minimum atomic E-state index is -3.72. The van der Waals surface area contributed by atoms with Gasteiger partial charge in [0.25, 0.3) is 0 Å². The van der Waals surface area contributed by atoms with E-state index >= 15 is 0 Å². The quantitative estimate of drug-likeness (QED) is 0.452. The average Bonchev–Trinajstić information content (AvgIpc) is 2.80. The Morgan fingerprint density at radius 1 is 1.00 bits per heavy atom. The maximum Gasteiger partial charge on any atom is 0.319 e. The van der Waals surface area contributed by atoms with Gasteiger partial charge in [-0.05, 0) is 81.5 Å². The van der Waals surface area contributed by atoms with Gasteiger partial charge in [-0.3, -0.25) is 4.79 Å². The maximum atomic E-state index is 13.1. The molecule has 2 aromatic carbocycles. The van der Waals surface area contributed by atoms with Crippen LogP contribution in [0.5, 0.6) is 0 Å². The number of amides is 3. The smallest absolute Gasteiger partial charge is 0.319 e. The minimum Gasteiger partial charge on any atom is -0.349 e. The third-order valence-electron chi connectivity index (χ3n) is 5.91. The van der Waals surface area contributed by atoms with Crippen molar-refractivity contribution >= 4 is 27.6 Å². The summed E-state index contributed by atoms with van der Waals surface area (Å²) in [6, 6.07) is 11.1. The van der Waals surface area contributed by atoms with Crippen LogP contribution in [0.2, 0.25) is 0 Å². The largest absolute Gasteiger partial charge is 0.349 e. The summed E-state index contributed by atoms with van der Waals surface area (Å²) in [5.74, 6) is -0.591. The molecule has 0 saturated heterocycles. The molecule has 0 aliphatic heterocycles. The normalized spacial score (nSPS) is 19.1.